The summed E-state index contributed by atoms with van der Waals surface area (Å²) in [7, 11) is 2.07. The zero-order valence-corrected chi connectivity index (χ0v) is 18.1. The van der Waals surface area contributed by atoms with E-state index in [2.05, 4.69) is 63.6 Å². The molecule has 0 radical (unpaired) electrons. The molecular formula is C26H41N. The van der Waals surface area contributed by atoms with Gasteiger partial charge in [0.1, 0.15) is 0 Å². The molecule has 1 aliphatic rings. The summed E-state index contributed by atoms with van der Waals surface area (Å²) < 4.78 is 0. The smallest absolute Gasteiger partial charge is 0.00316 e. The molecule has 1 atom stereocenters. The lowest BCUT2D eigenvalue weighted by Crippen LogP contribution is -2.32. The second-order valence-corrected chi connectivity index (χ2v) is 8.75. The van der Waals surface area contributed by atoms with Crippen LogP contribution in [0.4, 0.5) is 0 Å². The van der Waals surface area contributed by atoms with Gasteiger partial charge in [-0.3, -0.25) is 0 Å². The first kappa shape index (κ1) is 22.0. The maximum absolute atomic E-state index is 4.40. The highest BCUT2D eigenvalue weighted by Gasteiger charge is 2.35. The monoisotopic (exact) mass is 367 g/mol. The molecule has 0 saturated heterocycles. The summed E-state index contributed by atoms with van der Waals surface area (Å²) in [5.74, 6) is 0. The van der Waals surface area contributed by atoms with Crippen molar-refractivity contribution in [2.45, 2.75) is 83.5 Å². The van der Waals surface area contributed by atoms with Crippen molar-refractivity contribution in [3.8, 4) is 0 Å². The predicted molar refractivity (Wildman–Crippen MR) is 121 cm³/mol. The molecule has 1 N–H and O–H groups in total. The van der Waals surface area contributed by atoms with Crippen LogP contribution in [0.1, 0.15) is 89.2 Å². The SMILES string of the molecule is C=Cc1ccccc1C(CC)(CCCC1(C(=C)C)CCCCC1)CCNC. The summed E-state index contributed by atoms with van der Waals surface area (Å²) in [4.78, 5) is 0. The van der Waals surface area contributed by atoms with E-state index in [1.165, 1.54) is 80.9 Å². The third-order valence-corrected chi connectivity index (χ3v) is 7.31. The van der Waals surface area contributed by atoms with Gasteiger partial charge in [-0.1, -0.05) is 81.7 Å². The number of benzene rings is 1. The molecule has 2 rings (SSSR count). The molecule has 0 spiro atoms. The Balaban J connectivity index is 2.21. The molecule has 0 heterocycles. The van der Waals surface area contributed by atoms with Crippen LogP contribution in [0.3, 0.4) is 0 Å². The van der Waals surface area contributed by atoms with Gasteiger partial charge in [0.05, 0.1) is 0 Å². The van der Waals surface area contributed by atoms with E-state index in [1.54, 1.807) is 0 Å². The van der Waals surface area contributed by atoms with Crippen LogP contribution in [0.2, 0.25) is 0 Å². The highest BCUT2D eigenvalue weighted by atomic mass is 14.8. The molecule has 1 aromatic carbocycles. The second-order valence-electron chi connectivity index (χ2n) is 8.75. The predicted octanol–water partition coefficient (Wildman–Crippen LogP) is 7.28. The number of allylic oxidation sites excluding steroid dienone is 1. The Bertz CT molecular complexity index is 608. The largest absolute Gasteiger partial charge is 0.320 e. The average Bonchev–Trinajstić information content (AvgIpc) is 2.71. The molecule has 1 fully saturated rings. The zero-order chi connectivity index (χ0) is 19.8. The van der Waals surface area contributed by atoms with Gasteiger partial charge in [0.15, 0.2) is 0 Å². The molecule has 1 aromatic rings. The first-order chi connectivity index (χ1) is 13.0. The standard InChI is InChI=1S/C26H41N/c1-6-23-14-9-10-15-24(23)25(7-2,20-21-27-5)18-13-19-26(22(3)4)16-11-8-12-17-26/h6,9-10,14-15,27H,1,3,7-8,11-13,16-21H2,2,4-5H3. The first-order valence-electron chi connectivity index (χ1n) is 11.1. The van der Waals surface area contributed by atoms with E-state index in [0.717, 1.165) is 6.54 Å². The Morgan fingerprint density at radius 3 is 2.48 bits per heavy atom. The summed E-state index contributed by atoms with van der Waals surface area (Å²) in [6.07, 6.45) is 15.1. The van der Waals surface area contributed by atoms with Crippen LogP contribution in [0, 0.1) is 5.41 Å². The van der Waals surface area contributed by atoms with Crippen LogP contribution in [0.15, 0.2) is 43.0 Å². The molecule has 1 aliphatic carbocycles. The van der Waals surface area contributed by atoms with Crippen LogP contribution in [-0.4, -0.2) is 13.6 Å². The lowest BCUT2D eigenvalue weighted by atomic mass is 9.64. The quantitative estimate of drug-likeness (QED) is 0.405. The van der Waals surface area contributed by atoms with E-state index in [9.17, 15) is 0 Å². The molecule has 1 heteroatoms. The van der Waals surface area contributed by atoms with Gasteiger partial charge in [-0.25, -0.2) is 0 Å². The minimum atomic E-state index is 0.235. The third-order valence-electron chi connectivity index (χ3n) is 7.31. The molecule has 0 amide bonds. The summed E-state index contributed by atoms with van der Waals surface area (Å²) in [6, 6.07) is 8.90. The Labute approximate surface area is 168 Å². The van der Waals surface area contributed by atoms with Crippen molar-refractivity contribution < 1.29 is 0 Å². The van der Waals surface area contributed by atoms with Crippen molar-refractivity contribution in [1.82, 2.24) is 5.32 Å². The Morgan fingerprint density at radius 1 is 1.19 bits per heavy atom. The fraction of sp³-hybridized carbons (Fsp3) is 0.615. The van der Waals surface area contributed by atoms with Gasteiger partial charge in [0.25, 0.3) is 0 Å². The van der Waals surface area contributed by atoms with E-state index in [4.69, 9.17) is 0 Å². The highest BCUT2D eigenvalue weighted by Crippen LogP contribution is 2.47. The summed E-state index contributed by atoms with van der Waals surface area (Å²) >= 11 is 0. The maximum Gasteiger partial charge on any atom is -0.00316 e. The summed E-state index contributed by atoms with van der Waals surface area (Å²) in [5.41, 5.74) is 4.86. The minimum Gasteiger partial charge on any atom is -0.320 e. The van der Waals surface area contributed by atoms with Gasteiger partial charge in [0, 0.05) is 0 Å². The number of rotatable bonds is 11. The van der Waals surface area contributed by atoms with Crippen molar-refractivity contribution in [3.05, 3.63) is 54.1 Å². The molecule has 1 unspecified atom stereocenters. The maximum atomic E-state index is 4.40. The average molecular weight is 368 g/mol. The van der Waals surface area contributed by atoms with E-state index in [0.29, 0.717) is 5.41 Å². The van der Waals surface area contributed by atoms with Gasteiger partial charge in [0.2, 0.25) is 0 Å². The van der Waals surface area contributed by atoms with Gasteiger partial charge < -0.3 is 5.32 Å². The number of nitrogens with one attached hydrogen (secondary N) is 1. The zero-order valence-electron chi connectivity index (χ0n) is 18.1. The third kappa shape index (κ3) is 5.13. The van der Waals surface area contributed by atoms with Crippen molar-refractivity contribution in [2.24, 2.45) is 5.41 Å². The van der Waals surface area contributed by atoms with Crippen molar-refractivity contribution in [1.29, 1.82) is 0 Å². The van der Waals surface area contributed by atoms with Gasteiger partial charge in [-0.15, -0.1) is 0 Å². The second kappa shape index (κ2) is 10.3. The van der Waals surface area contributed by atoms with Crippen molar-refractivity contribution in [2.75, 3.05) is 13.6 Å². The number of hydrogen-bond acceptors (Lipinski definition) is 1. The van der Waals surface area contributed by atoms with Crippen LogP contribution in [0.25, 0.3) is 6.08 Å². The molecule has 1 saturated carbocycles. The molecule has 0 aliphatic heterocycles. The van der Waals surface area contributed by atoms with E-state index >= 15 is 0 Å². The highest BCUT2D eigenvalue weighted by molar-refractivity contribution is 5.54. The fourth-order valence-electron chi connectivity index (χ4n) is 5.34. The Kier molecular flexibility index (Phi) is 8.35. The Morgan fingerprint density at radius 2 is 1.89 bits per heavy atom. The van der Waals surface area contributed by atoms with E-state index < -0.39 is 0 Å². The Hall–Kier alpha value is -1.34. The molecule has 27 heavy (non-hydrogen) atoms. The minimum absolute atomic E-state index is 0.235. The van der Waals surface area contributed by atoms with Gasteiger partial charge in [-0.2, -0.15) is 0 Å². The van der Waals surface area contributed by atoms with Crippen molar-refractivity contribution >= 4 is 6.08 Å². The van der Waals surface area contributed by atoms with Gasteiger partial charge >= 0.3 is 0 Å². The lowest BCUT2D eigenvalue weighted by Gasteiger charge is -2.40. The van der Waals surface area contributed by atoms with Crippen LogP contribution in [-0.2, 0) is 5.41 Å². The van der Waals surface area contributed by atoms with Gasteiger partial charge in [-0.05, 0) is 81.0 Å². The van der Waals surface area contributed by atoms with Crippen LogP contribution >= 0.6 is 0 Å². The number of hydrogen-bond donors (Lipinski definition) is 1. The van der Waals surface area contributed by atoms with Crippen LogP contribution < -0.4 is 5.32 Å². The summed E-state index contributed by atoms with van der Waals surface area (Å²) in [5, 5.41) is 3.39. The molecule has 0 aromatic heterocycles. The van der Waals surface area contributed by atoms with E-state index in [-0.39, 0.29) is 5.41 Å². The summed E-state index contributed by atoms with van der Waals surface area (Å²) in [6.45, 7) is 14.2. The lowest BCUT2D eigenvalue weighted by molar-refractivity contribution is 0.204. The molecular weight excluding hydrogens is 326 g/mol. The fourth-order valence-corrected chi connectivity index (χ4v) is 5.34. The van der Waals surface area contributed by atoms with E-state index in [1.807, 2.05) is 6.08 Å². The molecule has 0 bridgehead atoms. The topological polar surface area (TPSA) is 12.0 Å². The van der Waals surface area contributed by atoms with Crippen LogP contribution in [0.5, 0.6) is 0 Å². The van der Waals surface area contributed by atoms with Crippen molar-refractivity contribution in [3.63, 3.8) is 0 Å². The normalized spacial score (nSPS) is 18.6. The first-order valence-corrected chi connectivity index (χ1v) is 11.1. The molecule has 150 valence electrons. The molecule has 1 nitrogen and oxygen atoms in total.